The minimum atomic E-state index is -0.377. The molecular weight excluding hydrogens is 252 g/mol. The molecule has 0 radical (unpaired) electrons. The second-order valence-electron chi connectivity index (χ2n) is 6.43. The first-order chi connectivity index (χ1) is 9.56. The van der Waals surface area contributed by atoms with Crippen molar-refractivity contribution in [3.05, 3.63) is 29.8 Å². The number of hydrogen-bond acceptors (Lipinski definition) is 3. The molecule has 1 aromatic rings. The van der Waals surface area contributed by atoms with Crippen molar-refractivity contribution >= 4 is 5.91 Å². The van der Waals surface area contributed by atoms with Gasteiger partial charge in [0, 0.05) is 19.0 Å². The van der Waals surface area contributed by atoms with Crippen LogP contribution >= 0.6 is 0 Å². The van der Waals surface area contributed by atoms with Gasteiger partial charge in [-0.1, -0.05) is 32.0 Å². The lowest BCUT2D eigenvalue weighted by Crippen LogP contribution is -2.56. The van der Waals surface area contributed by atoms with Gasteiger partial charge < -0.3 is 15.4 Å². The predicted octanol–water partition coefficient (Wildman–Crippen LogP) is 1.49. The lowest BCUT2D eigenvalue weighted by molar-refractivity contribution is -0.129. The van der Waals surface area contributed by atoms with Crippen LogP contribution in [0.2, 0.25) is 0 Å². The first-order valence-electron chi connectivity index (χ1n) is 7.32. The third-order valence-electron chi connectivity index (χ3n) is 4.39. The van der Waals surface area contributed by atoms with E-state index in [0.717, 1.165) is 30.8 Å². The molecule has 0 spiro atoms. The third-order valence-corrected chi connectivity index (χ3v) is 4.39. The fourth-order valence-corrected chi connectivity index (χ4v) is 3.03. The normalized spacial score (nSPS) is 27.5. The Morgan fingerprint density at radius 2 is 2.20 bits per heavy atom. The summed E-state index contributed by atoms with van der Waals surface area (Å²) >= 11 is 0. The van der Waals surface area contributed by atoms with Crippen LogP contribution in [0.1, 0.15) is 25.8 Å². The molecule has 2 heterocycles. The van der Waals surface area contributed by atoms with Gasteiger partial charge in [0.05, 0.1) is 0 Å². The van der Waals surface area contributed by atoms with E-state index in [4.69, 9.17) is 4.74 Å². The van der Waals surface area contributed by atoms with Crippen LogP contribution in [-0.2, 0) is 11.2 Å². The number of ether oxygens (including phenoxy) is 1. The largest absolute Gasteiger partial charge is 0.480 e. The summed E-state index contributed by atoms with van der Waals surface area (Å²) < 4.78 is 5.75. The van der Waals surface area contributed by atoms with Gasteiger partial charge in [0.25, 0.3) is 5.91 Å². The Bertz CT molecular complexity index is 488. The number of hydrogen-bond donors (Lipinski definition) is 2. The van der Waals surface area contributed by atoms with Crippen LogP contribution in [0.3, 0.4) is 0 Å². The Hall–Kier alpha value is -1.55. The van der Waals surface area contributed by atoms with Crippen molar-refractivity contribution in [1.82, 2.24) is 10.6 Å². The number of para-hydroxylation sites is 1. The van der Waals surface area contributed by atoms with Gasteiger partial charge in [-0.3, -0.25) is 4.79 Å². The van der Waals surface area contributed by atoms with Crippen LogP contribution in [-0.4, -0.2) is 31.1 Å². The van der Waals surface area contributed by atoms with Gasteiger partial charge in [-0.05, 0) is 30.0 Å². The molecule has 2 atom stereocenters. The maximum atomic E-state index is 12.4. The number of carbonyl (C=O) groups is 1. The average molecular weight is 274 g/mol. The molecule has 2 aliphatic rings. The minimum Gasteiger partial charge on any atom is -0.480 e. The molecule has 1 amide bonds. The highest BCUT2D eigenvalue weighted by Gasteiger charge is 2.36. The molecule has 1 saturated heterocycles. The number of carbonyl (C=O) groups excluding carboxylic acids is 1. The second kappa shape index (κ2) is 5.09. The number of nitrogens with one attached hydrogen (secondary N) is 2. The number of fused-ring (bicyclic) bond motifs is 1. The quantitative estimate of drug-likeness (QED) is 0.859. The van der Waals surface area contributed by atoms with Gasteiger partial charge in [0.2, 0.25) is 0 Å². The topological polar surface area (TPSA) is 50.4 Å². The minimum absolute atomic E-state index is 0.0150. The van der Waals surface area contributed by atoms with E-state index in [9.17, 15) is 4.79 Å². The zero-order valence-corrected chi connectivity index (χ0v) is 12.1. The van der Waals surface area contributed by atoms with Crippen LogP contribution in [0, 0.1) is 5.41 Å². The summed E-state index contributed by atoms with van der Waals surface area (Å²) in [5.41, 5.74) is 1.21. The lowest BCUT2D eigenvalue weighted by atomic mass is 9.80. The number of rotatable bonds is 2. The number of amides is 1. The van der Waals surface area contributed by atoms with Crippen molar-refractivity contribution in [3.8, 4) is 5.75 Å². The average Bonchev–Trinajstić information content (AvgIpc) is 2.85. The molecule has 2 unspecified atom stereocenters. The molecule has 3 rings (SSSR count). The van der Waals surface area contributed by atoms with Gasteiger partial charge in [0.15, 0.2) is 6.10 Å². The van der Waals surface area contributed by atoms with Crippen molar-refractivity contribution in [2.24, 2.45) is 5.41 Å². The molecule has 1 fully saturated rings. The van der Waals surface area contributed by atoms with E-state index in [1.165, 1.54) is 0 Å². The Morgan fingerprint density at radius 3 is 2.95 bits per heavy atom. The van der Waals surface area contributed by atoms with E-state index in [1.807, 2.05) is 24.3 Å². The summed E-state index contributed by atoms with van der Waals surface area (Å²) in [6, 6.07) is 8.09. The monoisotopic (exact) mass is 274 g/mol. The molecule has 2 aliphatic heterocycles. The van der Waals surface area contributed by atoms with Crippen LogP contribution in [0.15, 0.2) is 24.3 Å². The van der Waals surface area contributed by atoms with Gasteiger partial charge in [0.1, 0.15) is 5.75 Å². The summed E-state index contributed by atoms with van der Waals surface area (Å²) in [7, 11) is 0. The lowest BCUT2D eigenvalue weighted by Gasteiger charge is -2.39. The Morgan fingerprint density at radius 1 is 1.40 bits per heavy atom. The molecule has 2 N–H and O–H groups in total. The molecule has 4 nitrogen and oxygen atoms in total. The maximum Gasteiger partial charge on any atom is 0.261 e. The van der Waals surface area contributed by atoms with Crippen LogP contribution in [0.5, 0.6) is 5.75 Å². The van der Waals surface area contributed by atoms with Crippen molar-refractivity contribution in [2.75, 3.05) is 13.1 Å². The standard InChI is InChI=1S/C16H22N2O2/c1-16(2)10-17-8-7-14(16)18-15(19)13-9-11-5-3-4-6-12(11)20-13/h3-6,13-14,17H,7-10H2,1-2H3,(H,18,19). The Kier molecular flexibility index (Phi) is 3.42. The zero-order valence-electron chi connectivity index (χ0n) is 12.1. The van der Waals surface area contributed by atoms with Gasteiger partial charge in [-0.25, -0.2) is 0 Å². The molecule has 0 saturated carbocycles. The van der Waals surface area contributed by atoms with Crippen LogP contribution < -0.4 is 15.4 Å². The molecule has 4 heteroatoms. The van der Waals surface area contributed by atoms with Gasteiger partial charge in [-0.2, -0.15) is 0 Å². The smallest absolute Gasteiger partial charge is 0.261 e. The number of piperidine rings is 1. The van der Waals surface area contributed by atoms with Crippen LogP contribution in [0.25, 0.3) is 0 Å². The highest BCUT2D eigenvalue weighted by atomic mass is 16.5. The fourth-order valence-electron chi connectivity index (χ4n) is 3.03. The molecule has 0 bridgehead atoms. The Balaban J connectivity index is 1.64. The summed E-state index contributed by atoms with van der Waals surface area (Å²) in [5.74, 6) is 0.860. The first-order valence-corrected chi connectivity index (χ1v) is 7.32. The molecule has 1 aromatic carbocycles. The van der Waals surface area contributed by atoms with Gasteiger partial charge in [-0.15, -0.1) is 0 Å². The first kappa shape index (κ1) is 13.4. The van der Waals surface area contributed by atoms with E-state index in [-0.39, 0.29) is 23.5 Å². The van der Waals surface area contributed by atoms with Crippen molar-refractivity contribution in [3.63, 3.8) is 0 Å². The maximum absolute atomic E-state index is 12.4. The summed E-state index contributed by atoms with van der Waals surface area (Å²) in [5, 5.41) is 6.56. The van der Waals surface area contributed by atoms with E-state index in [1.54, 1.807) is 0 Å². The number of benzene rings is 1. The van der Waals surface area contributed by atoms with Crippen molar-refractivity contribution in [2.45, 2.75) is 38.8 Å². The predicted molar refractivity (Wildman–Crippen MR) is 77.8 cm³/mol. The zero-order chi connectivity index (χ0) is 14.2. The summed E-state index contributed by atoms with van der Waals surface area (Å²) in [6.45, 7) is 6.27. The van der Waals surface area contributed by atoms with Crippen molar-refractivity contribution < 1.29 is 9.53 Å². The molecule has 0 aromatic heterocycles. The Labute approximate surface area is 119 Å². The van der Waals surface area contributed by atoms with Crippen LogP contribution in [0.4, 0.5) is 0 Å². The van der Waals surface area contributed by atoms with E-state index in [2.05, 4.69) is 24.5 Å². The molecule has 20 heavy (non-hydrogen) atoms. The fraction of sp³-hybridized carbons (Fsp3) is 0.562. The molecule has 108 valence electrons. The summed E-state index contributed by atoms with van der Waals surface area (Å²) in [6.07, 6.45) is 1.27. The van der Waals surface area contributed by atoms with E-state index >= 15 is 0 Å². The SMILES string of the molecule is CC1(C)CNCCC1NC(=O)C1Cc2ccccc2O1. The highest BCUT2D eigenvalue weighted by molar-refractivity contribution is 5.82. The van der Waals surface area contributed by atoms with Gasteiger partial charge >= 0.3 is 0 Å². The molecule has 0 aliphatic carbocycles. The van der Waals surface area contributed by atoms with Crippen molar-refractivity contribution in [1.29, 1.82) is 0 Å². The highest BCUT2D eigenvalue weighted by Crippen LogP contribution is 2.29. The third kappa shape index (κ3) is 2.52. The second-order valence-corrected chi connectivity index (χ2v) is 6.43. The summed E-state index contributed by atoms with van der Waals surface area (Å²) in [4.78, 5) is 12.4. The molecular formula is C16H22N2O2. The van der Waals surface area contributed by atoms with E-state index in [0.29, 0.717) is 6.42 Å². The van der Waals surface area contributed by atoms with E-state index < -0.39 is 0 Å².